The summed E-state index contributed by atoms with van der Waals surface area (Å²) in [6.07, 6.45) is 6.06. The number of hydrogen-bond donors (Lipinski definition) is 2. The van der Waals surface area contributed by atoms with Crippen molar-refractivity contribution >= 4 is 38.1 Å². The molecule has 2 N–H and O–H groups in total. The van der Waals surface area contributed by atoms with Crippen LogP contribution in [-0.2, 0) is 26.2 Å². The lowest BCUT2D eigenvalue weighted by Gasteiger charge is -2.27. The Morgan fingerprint density at radius 3 is 2.59 bits per heavy atom. The van der Waals surface area contributed by atoms with Crippen molar-refractivity contribution in [1.29, 1.82) is 0 Å². The van der Waals surface area contributed by atoms with Gasteiger partial charge in [0.1, 0.15) is 17.8 Å². The molecule has 0 aliphatic carbocycles. The van der Waals surface area contributed by atoms with Crippen molar-refractivity contribution in [2.45, 2.75) is 6.54 Å². The van der Waals surface area contributed by atoms with Crippen molar-refractivity contribution in [3.05, 3.63) is 42.9 Å². The van der Waals surface area contributed by atoms with Crippen LogP contribution in [-0.4, -0.2) is 83.0 Å². The lowest BCUT2D eigenvalue weighted by atomic mass is 10.1. The van der Waals surface area contributed by atoms with Crippen molar-refractivity contribution in [3.63, 3.8) is 0 Å². The average molecular weight is 488 g/mol. The van der Waals surface area contributed by atoms with E-state index in [1.807, 2.05) is 39.9 Å². The number of hydrogen-bond acceptors (Lipinski definition) is 7. The minimum absolute atomic E-state index is 0.0903. The van der Waals surface area contributed by atoms with Crippen molar-refractivity contribution in [2.24, 2.45) is 0 Å². The summed E-state index contributed by atoms with van der Waals surface area (Å²) in [7, 11) is -2.02. The molecule has 4 heterocycles. The monoisotopic (exact) mass is 487 g/mol. The number of nitrogens with one attached hydrogen (secondary N) is 1. The van der Waals surface area contributed by atoms with E-state index in [1.54, 1.807) is 19.5 Å². The number of benzene rings is 1. The van der Waals surface area contributed by atoms with E-state index in [4.69, 9.17) is 14.0 Å². The number of aromatic amines is 1. The van der Waals surface area contributed by atoms with Gasteiger partial charge in [-0.15, -0.1) is 0 Å². The first-order valence-corrected chi connectivity index (χ1v) is 12.3. The number of morpholine rings is 1. The largest absolute Gasteiger partial charge is 0.497 e. The van der Waals surface area contributed by atoms with Crippen LogP contribution in [0.5, 0.6) is 5.75 Å². The predicted molar refractivity (Wildman–Crippen MR) is 126 cm³/mol. The van der Waals surface area contributed by atoms with E-state index in [1.165, 1.54) is 0 Å². The van der Waals surface area contributed by atoms with Gasteiger partial charge in [0.15, 0.2) is 5.65 Å². The van der Waals surface area contributed by atoms with Crippen LogP contribution >= 0.6 is 0 Å². The van der Waals surface area contributed by atoms with Crippen LogP contribution < -0.4 is 4.74 Å². The Morgan fingerprint density at radius 1 is 1.21 bits per heavy atom. The molecule has 1 saturated heterocycles. The van der Waals surface area contributed by atoms with E-state index >= 15 is 0 Å². The van der Waals surface area contributed by atoms with Crippen LogP contribution in [0.4, 0.5) is 0 Å². The molecule has 12 heteroatoms. The normalized spacial score (nSPS) is 14.1. The molecule has 0 radical (unpaired) electrons. The van der Waals surface area contributed by atoms with Gasteiger partial charge in [0.05, 0.1) is 32.3 Å². The Kier molecular flexibility index (Phi) is 6.82. The SMILES string of the molecule is COc1ccc2c(c1)c(-c1cc3nccnc3[nH]1)cn2CC(=O)N1CCOCC1.CS(=O)(=O)O. The van der Waals surface area contributed by atoms with Crippen LogP contribution in [0.15, 0.2) is 42.9 Å². The number of methoxy groups -OCH3 is 1. The summed E-state index contributed by atoms with van der Waals surface area (Å²) in [4.78, 5) is 26.7. The quantitative estimate of drug-likeness (QED) is 0.416. The van der Waals surface area contributed by atoms with Gasteiger partial charge in [-0.3, -0.25) is 14.3 Å². The number of fused-ring (bicyclic) bond motifs is 2. The number of ether oxygens (including phenoxy) is 2. The fourth-order valence-electron chi connectivity index (χ4n) is 3.80. The third-order valence-corrected chi connectivity index (χ3v) is 5.31. The zero-order chi connectivity index (χ0) is 24.3. The van der Waals surface area contributed by atoms with Crippen molar-refractivity contribution in [1.82, 2.24) is 24.4 Å². The summed E-state index contributed by atoms with van der Waals surface area (Å²) in [5.41, 5.74) is 4.39. The topological polar surface area (TPSA) is 140 Å². The Labute approximate surface area is 196 Å². The van der Waals surface area contributed by atoms with Crippen molar-refractivity contribution in [3.8, 4) is 17.0 Å². The van der Waals surface area contributed by atoms with Crippen molar-refractivity contribution in [2.75, 3.05) is 39.7 Å². The van der Waals surface area contributed by atoms with Gasteiger partial charge in [-0.2, -0.15) is 8.42 Å². The van der Waals surface area contributed by atoms with Gasteiger partial charge in [-0.05, 0) is 24.3 Å². The van der Waals surface area contributed by atoms with Gasteiger partial charge in [0.25, 0.3) is 10.1 Å². The summed E-state index contributed by atoms with van der Waals surface area (Å²) < 4.78 is 38.6. The number of amides is 1. The molecule has 11 nitrogen and oxygen atoms in total. The predicted octanol–water partition coefficient (Wildman–Crippen LogP) is 1.95. The highest BCUT2D eigenvalue weighted by atomic mass is 32.2. The fraction of sp³-hybridized carbons (Fsp3) is 0.318. The van der Waals surface area contributed by atoms with Crippen LogP contribution in [0.3, 0.4) is 0 Å². The maximum Gasteiger partial charge on any atom is 0.261 e. The standard InChI is InChI=1S/C21H21N5O3.CH4O3S/c1-28-14-2-3-19-15(10-14)16(17-11-18-21(24-17)23-5-4-22-18)12-26(19)13-20(27)25-6-8-29-9-7-25;1-5(2,3)4/h2-5,10-12H,6-9,13H2,1H3,(H,23,24);1H3,(H,2,3,4). The van der Waals surface area contributed by atoms with E-state index in [9.17, 15) is 13.2 Å². The molecule has 0 bridgehead atoms. The summed E-state index contributed by atoms with van der Waals surface area (Å²) in [6, 6.07) is 7.87. The summed E-state index contributed by atoms with van der Waals surface area (Å²) in [5, 5.41) is 1.01. The molecule has 180 valence electrons. The summed E-state index contributed by atoms with van der Waals surface area (Å²) in [5.74, 6) is 0.857. The van der Waals surface area contributed by atoms with E-state index in [0.717, 1.165) is 39.1 Å². The molecule has 34 heavy (non-hydrogen) atoms. The van der Waals surface area contributed by atoms with Gasteiger partial charge in [-0.25, -0.2) is 4.98 Å². The summed E-state index contributed by atoms with van der Waals surface area (Å²) in [6.45, 7) is 2.74. The first-order chi connectivity index (χ1) is 16.2. The second-order valence-corrected chi connectivity index (χ2v) is 9.22. The highest BCUT2D eigenvalue weighted by Crippen LogP contribution is 2.33. The van der Waals surface area contributed by atoms with Gasteiger partial charge in [0.2, 0.25) is 5.91 Å². The number of H-pyrrole nitrogens is 1. The number of rotatable bonds is 4. The van der Waals surface area contributed by atoms with Gasteiger partial charge >= 0.3 is 0 Å². The minimum atomic E-state index is -3.67. The van der Waals surface area contributed by atoms with Gasteiger partial charge < -0.3 is 23.9 Å². The van der Waals surface area contributed by atoms with Crippen LogP contribution in [0.1, 0.15) is 0 Å². The van der Waals surface area contributed by atoms with Crippen molar-refractivity contribution < 1.29 is 27.2 Å². The number of nitrogens with zero attached hydrogens (tertiary/aromatic N) is 4. The van der Waals surface area contributed by atoms with E-state index in [2.05, 4.69) is 15.0 Å². The van der Waals surface area contributed by atoms with Crippen LogP contribution in [0.25, 0.3) is 33.3 Å². The molecular formula is C22H25N5O6S. The van der Waals surface area contributed by atoms with E-state index < -0.39 is 10.1 Å². The zero-order valence-electron chi connectivity index (χ0n) is 18.8. The minimum Gasteiger partial charge on any atom is -0.497 e. The van der Waals surface area contributed by atoms with Crippen LogP contribution in [0, 0.1) is 0 Å². The van der Waals surface area contributed by atoms with E-state index in [0.29, 0.717) is 32.6 Å². The molecule has 0 unspecified atom stereocenters. The number of aromatic nitrogens is 4. The maximum absolute atomic E-state index is 12.8. The molecule has 1 aliphatic rings. The van der Waals surface area contributed by atoms with Gasteiger partial charge in [-0.1, -0.05) is 0 Å². The third-order valence-electron chi connectivity index (χ3n) is 5.31. The van der Waals surface area contributed by atoms with Gasteiger partial charge in [0, 0.05) is 48.1 Å². The maximum atomic E-state index is 12.8. The molecule has 0 spiro atoms. The average Bonchev–Trinajstić information content (AvgIpc) is 3.39. The molecular weight excluding hydrogens is 462 g/mol. The molecule has 1 aromatic carbocycles. The molecule has 3 aromatic heterocycles. The number of carbonyl (C=O) groups is 1. The Balaban J connectivity index is 0.000000499. The molecule has 1 amide bonds. The Hall–Kier alpha value is -3.48. The highest BCUT2D eigenvalue weighted by molar-refractivity contribution is 7.85. The third kappa shape index (κ3) is 5.53. The smallest absolute Gasteiger partial charge is 0.261 e. The second kappa shape index (κ2) is 9.79. The number of carbonyl (C=O) groups excluding carboxylic acids is 1. The molecule has 4 aromatic rings. The fourth-order valence-corrected chi connectivity index (χ4v) is 3.80. The van der Waals surface area contributed by atoms with E-state index in [-0.39, 0.29) is 12.5 Å². The lowest BCUT2D eigenvalue weighted by Crippen LogP contribution is -2.42. The Morgan fingerprint density at radius 2 is 1.91 bits per heavy atom. The Bertz CT molecular complexity index is 1380. The zero-order valence-corrected chi connectivity index (χ0v) is 19.6. The molecule has 0 saturated carbocycles. The highest BCUT2D eigenvalue weighted by Gasteiger charge is 2.20. The molecule has 1 fully saturated rings. The second-order valence-electron chi connectivity index (χ2n) is 7.75. The first kappa shape index (κ1) is 23.7. The first-order valence-electron chi connectivity index (χ1n) is 10.5. The lowest BCUT2D eigenvalue weighted by molar-refractivity contribution is -0.135. The summed E-state index contributed by atoms with van der Waals surface area (Å²) >= 11 is 0. The molecule has 1 aliphatic heterocycles. The van der Waals surface area contributed by atoms with Crippen LogP contribution in [0.2, 0.25) is 0 Å². The molecule has 0 atom stereocenters. The molecule has 5 rings (SSSR count).